The first-order chi connectivity index (χ1) is 10.1. The van der Waals surface area contributed by atoms with Crippen molar-refractivity contribution in [1.29, 1.82) is 0 Å². The van der Waals surface area contributed by atoms with Gasteiger partial charge in [-0.15, -0.1) is 11.3 Å². The molecule has 0 saturated heterocycles. The molecular formula is C16H15F2NOS. The van der Waals surface area contributed by atoms with Crippen molar-refractivity contribution in [2.24, 2.45) is 5.92 Å². The van der Waals surface area contributed by atoms with Gasteiger partial charge in [-0.25, -0.2) is 8.78 Å². The highest BCUT2D eigenvalue weighted by atomic mass is 32.1. The Kier molecular flexibility index (Phi) is 3.76. The maximum atomic E-state index is 13.2. The maximum absolute atomic E-state index is 13.2. The molecule has 5 heteroatoms. The number of aryl methyl sites for hydroxylation is 1. The minimum Gasteiger partial charge on any atom is -0.351 e. The second kappa shape index (κ2) is 5.56. The van der Waals surface area contributed by atoms with Gasteiger partial charge in [0.25, 0.3) is 0 Å². The molecule has 0 bridgehead atoms. The highest BCUT2D eigenvalue weighted by Crippen LogP contribution is 2.47. The summed E-state index contributed by atoms with van der Waals surface area (Å²) in [6.07, 6.45) is 0.695. The predicted octanol–water partition coefficient (Wildman–Crippen LogP) is 3.75. The molecule has 1 aromatic heterocycles. The molecule has 1 amide bonds. The Morgan fingerprint density at radius 3 is 2.81 bits per heavy atom. The van der Waals surface area contributed by atoms with Crippen LogP contribution in [0.25, 0.3) is 0 Å². The van der Waals surface area contributed by atoms with Crippen LogP contribution in [0, 0.1) is 24.5 Å². The molecule has 1 heterocycles. The number of amides is 1. The maximum Gasteiger partial charge on any atom is 0.224 e. The summed E-state index contributed by atoms with van der Waals surface area (Å²) < 4.78 is 26.1. The summed E-state index contributed by atoms with van der Waals surface area (Å²) in [4.78, 5) is 13.2. The summed E-state index contributed by atoms with van der Waals surface area (Å²) in [5, 5.41) is 4.92. The first-order valence-electron chi connectivity index (χ1n) is 6.82. The Morgan fingerprint density at radius 1 is 1.33 bits per heavy atom. The molecule has 3 rings (SSSR count). The lowest BCUT2D eigenvalue weighted by Gasteiger charge is -2.05. The Balaban J connectivity index is 1.58. The van der Waals surface area contributed by atoms with E-state index in [2.05, 4.69) is 5.32 Å². The van der Waals surface area contributed by atoms with Gasteiger partial charge in [0.2, 0.25) is 5.91 Å². The van der Waals surface area contributed by atoms with Crippen LogP contribution in [0.5, 0.6) is 0 Å². The van der Waals surface area contributed by atoms with E-state index < -0.39 is 11.6 Å². The van der Waals surface area contributed by atoms with Gasteiger partial charge in [0.15, 0.2) is 11.6 Å². The summed E-state index contributed by atoms with van der Waals surface area (Å²) >= 11 is 1.62. The van der Waals surface area contributed by atoms with Crippen molar-refractivity contribution in [2.45, 2.75) is 25.8 Å². The second-order valence-corrected chi connectivity index (χ2v) is 6.37. The Hall–Kier alpha value is -1.75. The number of rotatable bonds is 4. The molecule has 1 aliphatic rings. The zero-order chi connectivity index (χ0) is 15.0. The van der Waals surface area contributed by atoms with Gasteiger partial charge < -0.3 is 5.32 Å². The summed E-state index contributed by atoms with van der Waals surface area (Å²) in [6, 6.07) is 5.89. The van der Waals surface area contributed by atoms with Crippen molar-refractivity contribution < 1.29 is 13.6 Å². The molecular weight excluding hydrogens is 292 g/mol. The summed E-state index contributed by atoms with van der Waals surface area (Å²) in [5.74, 6) is -1.85. The third kappa shape index (κ3) is 2.97. The van der Waals surface area contributed by atoms with Crippen LogP contribution < -0.4 is 5.32 Å². The van der Waals surface area contributed by atoms with Gasteiger partial charge in [0, 0.05) is 10.8 Å². The number of carbonyl (C=O) groups excluding carboxylic acids is 1. The minimum absolute atomic E-state index is 0.00420. The van der Waals surface area contributed by atoms with E-state index in [9.17, 15) is 13.6 Å². The number of hydrogen-bond acceptors (Lipinski definition) is 2. The number of benzene rings is 1. The van der Waals surface area contributed by atoms with Crippen LogP contribution >= 0.6 is 11.3 Å². The van der Waals surface area contributed by atoms with E-state index in [0.717, 1.165) is 10.9 Å². The van der Waals surface area contributed by atoms with Crippen LogP contribution in [-0.4, -0.2) is 5.91 Å². The van der Waals surface area contributed by atoms with Gasteiger partial charge in [-0.2, -0.15) is 0 Å². The molecule has 0 aliphatic heterocycles. The van der Waals surface area contributed by atoms with E-state index in [1.165, 1.54) is 11.6 Å². The van der Waals surface area contributed by atoms with Gasteiger partial charge in [-0.05, 0) is 54.0 Å². The largest absolute Gasteiger partial charge is 0.351 e. The summed E-state index contributed by atoms with van der Waals surface area (Å²) in [7, 11) is 0. The molecule has 1 N–H and O–H groups in total. The molecule has 1 aliphatic carbocycles. The van der Waals surface area contributed by atoms with Crippen LogP contribution in [0.3, 0.4) is 0 Å². The van der Waals surface area contributed by atoms with Crippen molar-refractivity contribution in [3.8, 4) is 0 Å². The minimum atomic E-state index is -0.854. The molecule has 0 spiro atoms. The van der Waals surface area contributed by atoms with Crippen LogP contribution in [0.1, 0.15) is 28.3 Å². The fourth-order valence-corrected chi connectivity index (χ4v) is 3.33. The first-order valence-corrected chi connectivity index (χ1v) is 7.70. The number of hydrogen-bond donors (Lipinski definition) is 1. The third-order valence-electron chi connectivity index (χ3n) is 3.89. The lowest BCUT2D eigenvalue weighted by Crippen LogP contribution is -2.24. The van der Waals surface area contributed by atoms with Crippen LogP contribution in [0.2, 0.25) is 0 Å². The molecule has 1 saturated carbocycles. The van der Waals surface area contributed by atoms with Gasteiger partial charge >= 0.3 is 0 Å². The average molecular weight is 307 g/mol. The van der Waals surface area contributed by atoms with Gasteiger partial charge in [0.1, 0.15) is 0 Å². The van der Waals surface area contributed by atoms with Gasteiger partial charge in [0.05, 0.1) is 6.54 Å². The number of nitrogens with one attached hydrogen (secondary N) is 1. The van der Waals surface area contributed by atoms with E-state index in [-0.39, 0.29) is 17.7 Å². The van der Waals surface area contributed by atoms with E-state index in [1.807, 2.05) is 18.4 Å². The average Bonchev–Trinajstić information content (AvgIpc) is 3.16. The SMILES string of the molecule is Cc1ccsc1CNC(=O)C1CC1c1ccc(F)c(F)c1. The lowest BCUT2D eigenvalue weighted by atomic mass is 10.1. The fourth-order valence-electron chi connectivity index (χ4n) is 2.48. The summed E-state index contributed by atoms with van der Waals surface area (Å²) in [5.41, 5.74) is 1.87. The van der Waals surface area contributed by atoms with Gasteiger partial charge in [-0.1, -0.05) is 6.07 Å². The van der Waals surface area contributed by atoms with Crippen LogP contribution in [-0.2, 0) is 11.3 Å². The monoisotopic (exact) mass is 307 g/mol. The molecule has 2 unspecified atom stereocenters. The van der Waals surface area contributed by atoms with Crippen molar-refractivity contribution in [1.82, 2.24) is 5.32 Å². The molecule has 2 nitrogen and oxygen atoms in total. The zero-order valence-electron chi connectivity index (χ0n) is 11.5. The Bertz CT molecular complexity index is 683. The number of carbonyl (C=O) groups is 1. The first kappa shape index (κ1) is 14.2. The van der Waals surface area contributed by atoms with Crippen molar-refractivity contribution >= 4 is 17.2 Å². The van der Waals surface area contributed by atoms with Crippen molar-refractivity contribution in [3.63, 3.8) is 0 Å². The van der Waals surface area contributed by atoms with E-state index in [0.29, 0.717) is 18.5 Å². The van der Waals surface area contributed by atoms with Crippen molar-refractivity contribution in [3.05, 3.63) is 57.3 Å². The standard InChI is InChI=1S/C16H15F2NOS/c1-9-4-5-21-15(9)8-19-16(20)12-7-11(12)10-2-3-13(17)14(18)6-10/h2-6,11-12H,7-8H2,1H3,(H,19,20). The molecule has 1 fully saturated rings. The van der Waals surface area contributed by atoms with E-state index in [4.69, 9.17) is 0 Å². The number of thiophene rings is 1. The lowest BCUT2D eigenvalue weighted by molar-refractivity contribution is -0.122. The highest BCUT2D eigenvalue weighted by Gasteiger charge is 2.44. The van der Waals surface area contributed by atoms with Crippen LogP contribution in [0.15, 0.2) is 29.6 Å². The second-order valence-electron chi connectivity index (χ2n) is 5.37. The predicted molar refractivity (Wildman–Crippen MR) is 78.1 cm³/mol. The molecule has 21 heavy (non-hydrogen) atoms. The summed E-state index contributed by atoms with van der Waals surface area (Å²) in [6.45, 7) is 2.54. The third-order valence-corrected chi connectivity index (χ3v) is 4.91. The van der Waals surface area contributed by atoms with E-state index >= 15 is 0 Å². The Labute approximate surface area is 125 Å². The molecule has 1 aromatic carbocycles. The zero-order valence-corrected chi connectivity index (χ0v) is 12.3. The molecule has 2 aromatic rings. The quantitative estimate of drug-likeness (QED) is 0.915. The molecule has 0 radical (unpaired) electrons. The topological polar surface area (TPSA) is 29.1 Å². The fraction of sp³-hybridized carbons (Fsp3) is 0.312. The van der Waals surface area contributed by atoms with Gasteiger partial charge in [-0.3, -0.25) is 4.79 Å². The highest BCUT2D eigenvalue weighted by molar-refractivity contribution is 7.10. The Morgan fingerprint density at radius 2 is 2.14 bits per heavy atom. The van der Waals surface area contributed by atoms with Crippen LogP contribution in [0.4, 0.5) is 8.78 Å². The molecule has 110 valence electrons. The molecule has 2 atom stereocenters. The number of halogens is 2. The normalized spacial score (nSPS) is 20.3. The van der Waals surface area contributed by atoms with E-state index in [1.54, 1.807) is 17.4 Å². The van der Waals surface area contributed by atoms with Crippen molar-refractivity contribution in [2.75, 3.05) is 0 Å². The smallest absolute Gasteiger partial charge is 0.224 e.